The van der Waals surface area contributed by atoms with Crippen molar-refractivity contribution in [1.82, 2.24) is 4.57 Å². The Morgan fingerprint density at radius 3 is 2.68 bits per heavy atom. The zero-order chi connectivity index (χ0) is 19.7. The number of hydrogen-bond acceptors (Lipinski definition) is 5. The molecule has 6 nitrogen and oxygen atoms in total. The third kappa shape index (κ3) is 2.94. The van der Waals surface area contributed by atoms with Gasteiger partial charge < -0.3 is 18.5 Å². The number of nitrogens with zero attached hydrogens (tertiary/aromatic N) is 2. The minimum Gasteiger partial charge on any atom is -0.495 e. The number of furan rings is 1. The molecule has 28 heavy (non-hydrogen) atoms. The summed E-state index contributed by atoms with van der Waals surface area (Å²) in [4.78, 5) is 17.5. The summed E-state index contributed by atoms with van der Waals surface area (Å²) in [6.45, 7) is 0.232. The van der Waals surface area contributed by atoms with Crippen molar-refractivity contribution in [2.75, 3.05) is 14.2 Å². The molecule has 0 bridgehead atoms. The molecule has 0 saturated carbocycles. The molecule has 2 aromatic carbocycles. The molecule has 4 rings (SSSR count). The van der Waals surface area contributed by atoms with Crippen molar-refractivity contribution >= 4 is 38.4 Å². The number of amides is 1. The van der Waals surface area contributed by atoms with Crippen LogP contribution in [0.25, 0.3) is 21.2 Å². The maximum Gasteiger partial charge on any atom is 0.315 e. The van der Waals surface area contributed by atoms with Crippen molar-refractivity contribution in [3.8, 4) is 23.8 Å². The Bertz CT molecular complexity index is 1270. The van der Waals surface area contributed by atoms with Crippen molar-refractivity contribution in [3.05, 3.63) is 53.0 Å². The summed E-state index contributed by atoms with van der Waals surface area (Å²) >= 11 is 1.31. The van der Waals surface area contributed by atoms with Crippen molar-refractivity contribution in [1.29, 1.82) is 0 Å². The van der Waals surface area contributed by atoms with Gasteiger partial charge in [0.15, 0.2) is 10.6 Å². The number of thiazole rings is 1. The van der Waals surface area contributed by atoms with Gasteiger partial charge in [0.05, 0.1) is 20.8 Å². The van der Waals surface area contributed by atoms with E-state index in [0.717, 1.165) is 15.6 Å². The Kier molecular flexibility index (Phi) is 4.63. The Balaban J connectivity index is 1.92. The van der Waals surface area contributed by atoms with Gasteiger partial charge in [0, 0.05) is 5.39 Å². The highest BCUT2D eigenvalue weighted by Gasteiger charge is 2.17. The van der Waals surface area contributed by atoms with Crippen LogP contribution in [0.4, 0.5) is 0 Å². The number of ether oxygens (including phenoxy) is 2. The van der Waals surface area contributed by atoms with E-state index in [1.54, 1.807) is 37.0 Å². The fourth-order valence-corrected chi connectivity index (χ4v) is 4.14. The average Bonchev–Trinajstić information content (AvgIpc) is 3.30. The van der Waals surface area contributed by atoms with Gasteiger partial charge in [-0.15, -0.1) is 6.42 Å². The summed E-state index contributed by atoms with van der Waals surface area (Å²) in [7, 11) is 3.17. The number of para-hydroxylation sites is 1. The maximum atomic E-state index is 12.7. The molecule has 0 atom stereocenters. The molecule has 0 aliphatic heterocycles. The molecule has 2 aromatic heterocycles. The molecule has 0 saturated heterocycles. The standard InChI is InChI=1S/C21H16N2O4S/c1-4-11-23-18-15(25-2)9-10-16(26-3)19(18)28-21(23)22-20(24)17-12-13-7-5-6-8-14(13)27-17/h1,5-10,12H,11H2,2-3H3. The Labute approximate surface area is 164 Å². The van der Waals surface area contributed by atoms with Gasteiger partial charge >= 0.3 is 5.91 Å². The van der Waals surface area contributed by atoms with Gasteiger partial charge in [0.1, 0.15) is 27.3 Å². The molecule has 0 aliphatic rings. The van der Waals surface area contributed by atoms with Crippen LogP contribution in [0.5, 0.6) is 11.5 Å². The van der Waals surface area contributed by atoms with Crippen LogP contribution in [0.3, 0.4) is 0 Å². The number of methoxy groups -OCH3 is 2. The highest BCUT2D eigenvalue weighted by molar-refractivity contribution is 7.16. The normalized spacial score (nSPS) is 11.7. The number of aromatic nitrogens is 1. The molecule has 0 aliphatic carbocycles. The SMILES string of the molecule is C#CCn1c(=NC(=O)c2cc3ccccc3o2)sc2c(OC)ccc(OC)c21. The lowest BCUT2D eigenvalue weighted by Crippen LogP contribution is -2.16. The van der Waals surface area contributed by atoms with E-state index in [1.807, 2.05) is 24.3 Å². The number of carbonyl (C=O) groups is 1. The number of hydrogen-bond donors (Lipinski definition) is 0. The Hall–Kier alpha value is -3.50. The van der Waals surface area contributed by atoms with Crippen molar-refractivity contribution < 1.29 is 18.7 Å². The molecule has 1 amide bonds. The van der Waals surface area contributed by atoms with Gasteiger partial charge in [-0.05, 0) is 24.3 Å². The van der Waals surface area contributed by atoms with Crippen LogP contribution in [0.1, 0.15) is 10.6 Å². The van der Waals surface area contributed by atoms with Gasteiger partial charge in [-0.3, -0.25) is 4.79 Å². The van der Waals surface area contributed by atoms with Gasteiger partial charge in [-0.1, -0.05) is 35.5 Å². The van der Waals surface area contributed by atoms with E-state index < -0.39 is 5.91 Å². The first-order chi connectivity index (χ1) is 13.7. The fourth-order valence-electron chi connectivity index (χ4n) is 3.01. The summed E-state index contributed by atoms with van der Waals surface area (Å²) < 4.78 is 19.1. The summed E-state index contributed by atoms with van der Waals surface area (Å²) in [6.07, 6.45) is 5.55. The summed E-state index contributed by atoms with van der Waals surface area (Å²) in [5, 5.41) is 0.845. The molecule has 0 unspecified atom stereocenters. The monoisotopic (exact) mass is 392 g/mol. The van der Waals surface area contributed by atoms with Crippen LogP contribution >= 0.6 is 11.3 Å². The predicted octanol–water partition coefficient (Wildman–Crippen LogP) is 3.84. The van der Waals surface area contributed by atoms with Crippen molar-refractivity contribution in [2.45, 2.75) is 6.54 Å². The summed E-state index contributed by atoms with van der Waals surface area (Å²) in [6, 6.07) is 12.7. The zero-order valence-electron chi connectivity index (χ0n) is 15.3. The summed E-state index contributed by atoms with van der Waals surface area (Å²) in [5.41, 5.74) is 1.37. The molecule has 2 heterocycles. The molecule has 0 N–H and O–H groups in total. The number of benzene rings is 2. The molecule has 0 radical (unpaired) electrons. The lowest BCUT2D eigenvalue weighted by Gasteiger charge is -2.08. The largest absolute Gasteiger partial charge is 0.495 e. The molecular weight excluding hydrogens is 376 g/mol. The third-order valence-electron chi connectivity index (χ3n) is 4.28. The second kappa shape index (κ2) is 7.25. The Morgan fingerprint density at radius 2 is 1.96 bits per heavy atom. The minimum atomic E-state index is -0.480. The van der Waals surface area contributed by atoms with E-state index in [2.05, 4.69) is 10.9 Å². The van der Waals surface area contributed by atoms with E-state index in [0.29, 0.717) is 21.9 Å². The molecule has 0 fully saturated rings. The molecule has 4 aromatic rings. The van der Waals surface area contributed by atoms with Gasteiger partial charge in [0.25, 0.3) is 0 Å². The van der Waals surface area contributed by atoms with E-state index in [4.69, 9.17) is 20.3 Å². The van der Waals surface area contributed by atoms with Crippen LogP contribution in [0.2, 0.25) is 0 Å². The van der Waals surface area contributed by atoms with E-state index >= 15 is 0 Å². The zero-order valence-corrected chi connectivity index (χ0v) is 16.1. The van der Waals surface area contributed by atoms with Crippen LogP contribution in [0.15, 0.2) is 51.9 Å². The van der Waals surface area contributed by atoms with Crippen molar-refractivity contribution in [3.63, 3.8) is 0 Å². The number of carbonyl (C=O) groups excluding carboxylic acids is 1. The van der Waals surface area contributed by atoms with Crippen molar-refractivity contribution in [2.24, 2.45) is 4.99 Å². The predicted molar refractivity (Wildman–Crippen MR) is 108 cm³/mol. The average molecular weight is 392 g/mol. The molecular formula is C21H16N2O4S. The summed E-state index contributed by atoms with van der Waals surface area (Å²) in [5.74, 6) is 3.58. The first-order valence-corrected chi connectivity index (χ1v) is 9.23. The minimum absolute atomic E-state index is 0.171. The molecule has 0 spiro atoms. The van der Waals surface area contributed by atoms with Gasteiger partial charge in [0.2, 0.25) is 0 Å². The van der Waals surface area contributed by atoms with E-state index in [9.17, 15) is 4.79 Å². The number of rotatable bonds is 4. The first-order valence-electron chi connectivity index (χ1n) is 8.41. The van der Waals surface area contributed by atoms with Crippen LogP contribution in [-0.2, 0) is 6.54 Å². The first kappa shape index (κ1) is 17.9. The van der Waals surface area contributed by atoms with E-state index in [-0.39, 0.29) is 12.3 Å². The third-order valence-corrected chi connectivity index (χ3v) is 5.37. The number of fused-ring (bicyclic) bond motifs is 2. The maximum absolute atomic E-state index is 12.7. The van der Waals surface area contributed by atoms with Crippen LogP contribution in [0, 0.1) is 12.3 Å². The Morgan fingerprint density at radius 1 is 1.21 bits per heavy atom. The number of terminal acetylenes is 1. The second-order valence-electron chi connectivity index (χ2n) is 5.89. The highest BCUT2D eigenvalue weighted by atomic mass is 32.1. The lowest BCUT2D eigenvalue weighted by molar-refractivity contribution is 0.0973. The highest BCUT2D eigenvalue weighted by Crippen LogP contribution is 2.35. The van der Waals surface area contributed by atoms with E-state index in [1.165, 1.54) is 11.3 Å². The van der Waals surface area contributed by atoms with Gasteiger partial charge in [-0.2, -0.15) is 4.99 Å². The smallest absolute Gasteiger partial charge is 0.315 e. The van der Waals surface area contributed by atoms with Crippen LogP contribution < -0.4 is 14.3 Å². The molecule has 7 heteroatoms. The molecule has 140 valence electrons. The lowest BCUT2D eigenvalue weighted by atomic mass is 10.2. The second-order valence-corrected chi connectivity index (χ2v) is 6.87. The fraction of sp³-hybridized carbons (Fsp3) is 0.143. The van der Waals surface area contributed by atoms with Crippen LogP contribution in [-0.4, -0.2) is 24.7 Å². The topological polar surface area (TPSA) is 66.0 Å². The van der Waals surface area contributed by atoms with Gasteiger partial charge in [-0.25, -0.2) is 0 Å². The quantitative estimate of drug-likeness (QED) is 0.495.